The highest BCUT2D eigenvalue weighted by Gasteiger charge is 2.25. The van der Waals surface area contributed by atoms with Gasteiger partial charge in [0.25, 0.3) is 0 Å². The Bertz CT molecular complexity index is 889. The highest BCUT2D eigenvalue weighted by Crippen LogP contribution is 2.15. The van der Waals surface area contributed by atoms with E-state index in [9.17, 15) is 24.3 Å². The second kappa shape index (κ2) is 38.1. The fourth-order valence-electron chi connectivity index (χ4n) is 6.20. The van der Waals surface area contributed by atoms with Gasteiger partial charge in [-0.1, -0.05) is 168 Å². The van der Waals surface area contributed by atoms with Gasteiger partial charge in [0, 0.05) is 12.8 Å². The maximum absolute atomic E-state index is 12.7. The van der Waals surface area contributed by atoms with Gasteiger partial charge in [-0.3, -0.25) is 14.4 Å². The number of methoxy groups -OCH3 is 1. The zero-order valence-corrected chi connectivity index (χ0v) is 34.2. The molecular weight excluding hydrogens is 676 g/mol. The third kappa shape index (κ3) is 32.9. The molecule has 0 aromatic rings. The summed E-state index contributed by atoms with van der Waals surface area (Å²) in [5.74, 6) is -2.25. The Morgan fingerprint density at radius 2 is 0.962 bits per heavy atom. The zero-order valence-electron chi connectivity index (χ0n) is 34.2. The van der Waals surface area contributed by atoms with Crippen LogP contribution >= 0.6 is 0 Å². The van der Waals surface area contributed by atoms with E-state index in [0.717, 1.165) is 45.6 Å². The number of aliphatic hydroxyl groups excluding tert-OH is 1. The first-order valence-electron chi connectivity index (χ1n) is 21.5. The van der Waals surface area contributed by atoms with Gasteiger partial charge in [0.05, 0.1) is 26.9 Å². The molecule has 0 aliphatic carbocycles. The molecule has 0 aromatic carbocycles. The average Bonchev–Trinajstić information content (AvgIpc) is 3.15. The first-order valence-corrected chi connectivity index (χ1v) is 21.5. The number of carbonyl (C=O) groups is 4. The van der Waals surface area contributed by atoms with Crippen molar-refractivity contribution in [1.29, 1.82) is 0 Å². The predicted molar refractivity (Wildman–Crippen MR) is 211 cm³/mol. The molecule has 0 radical (unpaired) electrons. The number of hydrogen-bond acceptors (Lipinski definition) is 10. The van der Waals surface area contributed by atoms with Crippen LogP contribution in [-0.4, -0.2) is 80.6 Å². The molecule has 0 rings (SSSR count). The lowest BCUT2D eigenvalue weighted by Gasteiger charge is -2.20. The summed E-state index contributed by atoms with van der Waals surface area (Å²) in [6, 6.07) is -2.40. The summed E-state index contributed by atoms with van der Waals surface area (Å²) < 4.78 is 21.2. The number of esters is 3. The number of amides is 1. The van der Waals surface area contributed by atoms with Crippen molar-refractivity contribution < 1.29 is 43.2 Å². The molecule has 312 valence electrons. The minimum atomic E-state index is -1.24. The molecule has 1 unspecified atom stereocenters. The molecular formula is C42H80N2O9. The molecule has 4 N–H and O–H groups in total. The van der Waals surface area contributed by atoms with Gasteiger partial charge < -0.3 is 35.1 Å². The second-order valence-electron chi connectivity index (χ2n) is 14.7. The van der Waals surface area contributed by atoms with E-state index in [1.54, 1.807) is 0 Å². The maximum Gasteiger partial charge on any atom is 0.330 e. The zero-order chi connectivity index (χ0) is 39.2. The normalized spacial score (nSPS) is 12.9. The highest BCUT2D eigenvalue weighted by atomic mass is 16.6. The maximum atomic E-state index is 12.7. The number of unbranched alkanes of at least 4 members (excludes halogenated alkanes) is 24. The number of carbonyl (C=O) groups excluding carboxylic acids is 4. The van der Waals surface area contributed by atoms with Crippen LogP contribution in [-0.2, 0) is 38.1 Å². The number of nitrogens with one attached hydrogen (secondary N) is 1. The third-order valence-electron chi connectivity index (χ3n) is 9.62. The smallest absolute Gasteiger partial charge is 0.330 e. The Hall–Kier alpha value is -2.24. The number of hydrogen-bond donors (Lipinski definition) is 3. The van der Waals surface area contributed by atoms with Gasteiger partial charge in [0.1, 0.15) is 12.6 Å². The van der Waals surface area contributed by atoms with Gasteiger partial charge in [0.15, 0.2) is 12.1 Å². The van der Waals surface area contributed by atoms with E-state index < -0.39 is 36.7 Å². The van der Waals surface area contributed by atoms with Crippen molar-refractivity contribution in [1.82, 2.24) is 5.32 Å². The minimum Gasteiger partial charge on any atom is -0.467 e. The van der Waals surface area contributed by atoms with Gasteiger partial charge in [-0.25, -0.2) is 4.79 Å². The van der Waals surface area contributed by atoms with E-state index >= 15 is 0 Å². The highest BCUT2D eigenvalue weighted by molar-refractivity contribution is 5.87. The van der Waals surface area contributed by atoms with Crippen molar-refractivity contribution in [2.45, 2.75) is 212 Å². The lowest BCUT2D eigenvalue weighted by atomic mass is 10.0. The van der Waals surface area contributed by atoms with Crippen molar-refractivity contribution in [2.75, 3.05) is 33.5 Å². The summed E-state index contributed by atoms with van der Waals surface area (Å²) in [5, 5.41) is 11.7. The summed E-state index contributed by atoms with van der Waals surface area (Å²) in [5.41, 5.74) is 5.91. The summed E-state index contributed by atoms with van der Waals surface area (Å²) in [7, 11) is 1.15. The molecule has 0 fully saturated rings. The van der Waals surface area contributed by atoms with Crippen molar-refractivity contribution in [3.63, 3.8) is 0 Å². The molecule has 11 nitrogen and oxygen atoms in total. The standard InChI is InChI=1S/C42H80N2O9/c1-4-6-8-10-12-14-16-18-20-22-24-26-28-30-39(46)52-34-36(33-51-35-37(43)41(48)44-38(32-45)42(49)50-3)53-40(47)31-29-27-25-23-21-19-17-15-13-11-9-7-5-2/h36-38,45H,4-35,43H2,1-3H3,(H,44,48)/t36-,37?,38+/m0/s1. The Kier molecular flexibility index (Phi) is 36.4. The average molecular weight is 757 g/mol. The molecule has 0 heterocycles. The molecule has 1 amide bonds. The van der Waals surface area contributed by atoms with Crippen molar-refractivity contribution in [2.24, 2.45) is 5.73 Å². The lowest BCUT2D eigenvalue weighted by Crippen LogP contribution is -2.52. The molecule has 0 aromatic heterocycles. The van der Waals surface area contributed by atoms with E-state index in [1.807, 2.05) is 0 Å². The van der Waals surface area contributed by atoms with E-state index in [2.05, 4.69) is 23.9 Å². The lowest BCUT2D eigenvalue weighted by molar-refractivity contribution is -0.163. The number of aliphatic hydroxyl groups is 1. The molecule has 0 bridgehead atoms. The van der Waals surface area contributed by atoms with Gasteiger partial charge in [0.2, 0.25) is 5.91 Å². The monoisotopic (exact) mass is 757 g/mol. The van der Waals surface area contributed by atoms with Crippen molar-refractivity contribution in [3.8, 4) is 0 Å². The quantitative estimate of drug-likeness (QED) is 0.0315. The Morgan fingerprint density at radius 1 is 0.566 bits per heavy atom. The third-order valence-corrected chi connectivity index (χ3v) is 9.62. The molecule has 0 saturated heterocycles. The number of rotatable bonds is 39. The summed E-state index contributed by atoms with van der Waals surface area (Å²) >= 11 is 0. The minimum absolute atomic E-state index is 0.127. The van der Waals surface area contributed by atoms with Gasteiger partial charge in [-0.2, -0.15) is 0 Å². The molecule has 0 aliphatic rings. The summed E-state index contributed by atoms with van der Waals surface area (Å²) in [6.07, 6.45) is 31.3. The van der Waals surface area contributed by atoms with E-state index in [1.165, 1.54) is 128 Å². The van der Waals surface area contributed by atoms with Gasteiger partial charge >= 0.3 is 17.9 Å². The van der Waals surface area contributed by atoms with Crippen LogP contribution in [0.3, 0.4) is 0 Å². The Labute approximate surface area is 322 Å². The Morgan fingerprint density at radius 3 is 1.36 bits per heavy atom. The fourth-order valence-corrected chi connectivity index (χ4v) is 6.20. The predicted octanol–water partition coefficient (Wildman–Crippen LogP) is 8.40. The van der Waals surface area contributed by atoms with Gasteiger partial charge in [-0.15, -0.1) is 0 Å². The van der Waals surface area contributed by atoms with Crippen molar-refractivity contribution in [3.05, 3.63) is 0 Å². The SMILES string of the molecule is CCCCCCCCCCCCCCCC(=O)OC[C@H](COCC(N)C(=O)N[C@H](CO)C(=O)OC)OC(=O)CCCCCCCCCCCCCCC. The van der Waals surface area contributed by atoms with E-state index in [0.29, 0.717) is 6.42 Å². The van der Waals surface area contributed by atoms with Gasteiger partial charge in [-0.05, 0) is 12.8 Å². The van der Waals surface area contributed by atoms with E-state index in [4.69, 9.17) is 19.9 Å². The molecule has 0 aliphatic heterocycles. The molecule has 0 spiro atoms. The largest absolute Gasteiger partial charge is 0.467 e. The first-order chi connectivity index (χ1) is 25.8. The Balaban J connectivity index is 4.49. The van der Waals surface area contributed by atoms with Crippen LogP contribution in [0.5, 0.6) is 0 Å². The summed E-state index contributed by atoms with van der Waals surface area (Å²) in [6.45, 7) is 3.32. The summed E-state index contributed by atoms with van der Waals surface area (Å²) in [4.78, 5) is 49.2. The molecule has 11 heteroatoms. The topological polar surface area (TPSA) is 163 Å². The second-order valence-corrected chi connectivity index (χ2v) is 14.7. The van der Waals surface area contributed by atoms with Crippen LogP contribution in [0.15, 0.2) is 0 Å². The van der Waals surface area contributed by atoms with Crippen LogP contribution in [0.1, 0.15) is 194 Å². The van der Waals surface area contributed by atoms with Crippen LogP contribution in [0.2, 0.25) is 0 Å². The van der Waals surface area contributed by atoms with Crippen molar-refractivity contribution >= 4 is 23.8 Å². The molecule has 0 saturated carbocycles. The molecule has 3 atom stereocenters. The number of nitrogens with two attached hydrogens (primary N) is 1. The number of ether oxygens (including phenoxy) is 4. The fraction of sp³-hybridized carbons (Fsp3) is 0.905. The first kappa shape index (κ1) is 50.8. The van der Waals surface area contributed by atoms with Crippen LogP contribution in [0, 0.1) is 0 Å². The van der Waals surface area contributed by atoms with Crippen LogP contribution in [0.4, 0.5) is 0 Å². The van der Waals surface area contributed by atoms with E-state index in [-0.39, 0.29) is 38.2 Å². The van der Waals surface area contributed by atoms with Crippen LogP contribution < -0.4 is 11.1 Å². The molecule has 53 heavy (non-hydrogen) atoms. The van der Waals surface area contributed by atoms with Crippen LogP contribution in [0.25, 0.3) is 0 Å².